The molecule has 1 aliphatic rings. The van der Waals surface area contributed by atoms with E-state index < -0.39 is 21.2 Å². The van der Waals surface area contributed by atoms with E-state index in [1.165, 1.54) is 0 Å². The van der Waals surface area contributed by atoms with Gasteiger partial charge in [-0.2, -0.15) is 0 Å². The maximum absolute atomic E-state index is 11.6. The highest BCUT2D eigenvalue weighted by Gasteiger charge is 2.38. The Morgan fingerprint density at radius 3 is 2.33 bits per heavy atom. The first-order valence-electron chi connectivity index (χ1n) is 4.65. The fraction of sp³-hybridized carbons (Fsp3) is 0.667. The van der Waals surface area contributed by atoms with Crippen LogP contribution in [0.1, 0.15) is 33.1 Å². The summed E-state index contributed by atoms with van der Waals surface area (Å²) in [7, 11) is 0. The van der Waals surface area contributed by atoms with Crippen molar-refractivity contribution in [2.24, 2.45) is 0 Å². The van der Waals surface area contributed by atoms with E-state index in [1.807, 2.05) is 29.5 Å². The van der Waals surface area contributed by atoms with E-state index in [-0.39, 0.29) is 12.8 Å². The Morgan fingerprint density at radius 1 is 1.47 bits per heavy atom. The minimum Gasteiger partial charge on any atom is -0.329 e. The van der Waals surface area contributed by atoms with Gasteiger partial charge in [0.25, 0.3) is 11.8 Å². The second kappa shape index (κ2) is 4.46. The zero-order valence-electron chi connectivity index (χ0n) is 8.58. The molecule has 0 N–H and O–H groups in total. The molecule has 5 nitrogen and oxygen atoms in total. The van der Waals surface area contributed by atoms with Crippen molar-refractivity contribution in [3.8, 4) is 0 Å². The lowest BCUT2D eigenvalue weighted by Gasteiger charge is -2.21. The third-order valence-corrected chi connectivity index (χ3v) is 3.47. The Bertz CT molecular complexity index is 297. The number of imide groups is 1. The highest BCUT2D eigenvalue weighted by molar-refractivity contribution is 14.1. The number of rotatable bonds is 3. The highest BCUT2D eigenvalue weighted by atomic mass is 127. The van der Waals surface area contributed by atoms with E-state index in [9.17, 15) is 14.4 Å². The van der Waals surface area contributed by atoms with Crippen LogP contribution in [0.15, 0.2) is 0 Å². The average Bonchev–Trinajstić information content (AvgIpc) is 2.49. The lowest BCUT2D eigenvalue weighted by Crippen LogP contribution is -2.39. The van der Waals surface area contributed by atoms with Crippen LogP contribution in [0.5, 0.6) is 0 Å². The third-order valence-electron chi connectivity index (χ3n) is 2.27. The van der Waals surface area contributed by atoms with Crippen molar-refractivity contribution in [1.82, 2.24) is 5.06 Å². The zero-order valence-corrected chi connectivity index (χ0v) is 10.7. The minimum atomic E-state index is -0.707. The fourth-order valence-electron chi connectivity index (χ4n) is 0.980. The number of hydrogen-bond acceptors (Lipinski definition) is 4. The van der Waals surface area contributed by atoms with E-state index >= 15 is 0 Å². The lowest BCUT2D eigenvalue weighted by molar-refractivity contribution is -0.198. The SMILES string of the molecule is CCC(C)(I)C(=O)ON1C(=O)CCC1=O. The van der Waals surface area contributed by atoms with Gasteiger partial charge in [-0.05, 0) is 13.3 Å². The van der Waals surface area contributed by atoms with Gasteiger partial charge in [0.1, 0.15) is 3.42 Å². The quantitative estimate of drug-likeness (QED) is 0.444. The van der Waals surface area contributed by atoms with Crippen LogP contribution in [-0.4, -0.2) is 26.3 Å². The Labute approximate surface area is 101 Å². The summed E-state index contributed by atoms with van der Waals surface area (Å²) >= 11 is 1.94. The van der Waals surface area contributed by atoms with Crippen LogP contribution in [0.25, 0.3) is 0 Å². The molecule has 0 aromatic carbocycles. The summed E-state index contributed by atoms with van der Waals surface area (Å²) in [5, 5.41) is 0.578. The van der Waals surface area contributed by atoms with Crippen molar-refractivity contribution in [3.05, 3.63) is 0 Å². The van der Waals surface area contributed by atoms with E-state index in [1.54, 1.807) is 6.92 Å². The lowest BCUT2D eigenvalue weighted by atomic mass is 10.1. The smallest absolute Gasteiger partial charge is 0.329 e. The Morgan fingerprint density at radius 2 is 1.93 bits per heavy atom. The predicted molar refractivity (Wildman–Crippen MR) is 59.9 cm³/mol. The van der Waals surface area contributed by atoms with Gasteiger partial charge in [0.15, 0.2) is 0 Å². The van der Waals surface area contributed by atoms with Crippen LogP contribution in [0.3, 0.4) is 0 Å². The second-order valence-electron chi connectivity index (χ2n) is 3.51. The van der Waals surface area contributed by atoms with E-state index in [4.69, 9.17) is 4.84 Å². The summed E-state index contributed by atoms with van der Waals surface area (Å²) in [6.07, 6.45) is 0.814. The van der Waals surface area contributed by atoms with Crippen molar-refractivity contribution >= 4 is 40.4 Å². The fourth-order valence-corrected chi connectivity index (χ4v) is 1.08. The van der Waals surface area contributed by atoms with Gasteiger partial charge in [0, 0.05) is 12.8 Å². The molecule has 1 unspecified atom stereocenters. The van der Waals surface area contributed by atoms with Crippen molar-refractivity contribution in [1.29, 1.82) is 0 Å². The van der Waals surface area contributed by atoms with Crippen molar-refractivity contribution in [2.75, 3.05) is 0 Å². The zero-order chi connectivity index (χ0) is 11.6. The van der Waals surface area contributed by atoms with Gasteiger partial charge in [-0.25, -0.2) is 4.79 Å². The predicted octanol–water partition coefficient (Wildman–Crippen LogP) is 1.20. The molecule has 1 rings (SSSR count). The van der Waals surface area contributed by atoms with Crippen molar-refractivity contribution in [2.45, 2.75) is 36.5 Å². The normalized spacial score (nSPS) is 20.3. The molecule has 1 fully saturated rings. The maximum atomic E-state index is 11.6. The number of nitrogens with zero attached hydrogens (tertiary/aromatic N) is 1. The van der Waals surface area contributed by atoms with Gasteiger partial charge in [-0.3, -0.25) is 9.59 Å². The summed E-state index contributed by atoms with van der Waals surface area (Å²) < 4.78 is -0.707. The molecule has 1 heterocycles. The van der Waals surface area contributed by atoms with Gasteiger partial charge in [-0.15, -0.1) is 5.06 Å². The number of amides is 2. The third kappa shape index (κ3) is 2.67. The van der Waals surface area contributed by atoms with Crippen LogP contribution >= 0.6 is 22.6 Å². The standard InChI is InChI=1S/C9H12INO4/c1-3-9(2,10)8(14)15-11-6(12)4-5-7(11)13/h3-5H2,1-2H3. The van der Waals surface area contributed by atoms with Crippen LogP contribution in [-0.2, 0) is 19.2 Å². The molecule has 0 saturated carbocycles. The molecule has 0 aromatic heterocycles. The molecule has 1 atom stereocenters. The molecule has 0 aromatic rings. The van der Waals surface area contributed by atoms with Gasteiger partial charge >= 0.3 is 5.97 Å². The van der Waals surface area contributed by atoms with E-state index in [0.29, 0.717) is 11.5 Å². The monoisotopic (exact) mass is 325 g/mol. The van der Waals surface area contributed by atoms with Gasteiger partial charge in [0.2, 0.25) is 0 Å². The summed E-state index contributed by atoms with van der Waals surface area (Å²) in [5.74, 6) is -1.46. The molecule has 6 heteroatoms. The highest BCUT2D eigenvalue weighted by Crippen LogP contribution is 2.25. The van der Waals surface area contributed by atoms with E-state index in [0.717, 1.165) is 0 Å². The summed E-state index contributed by atoms with van der Waals surface area (Å²) in [5.41, 5.74) is 0. The number of carbonyl (C=O) groups excluding carboxylic acids is 3. The molecule has 1 saturated heterocycles. The molecule has 84 valence electrons. The summed E-state index contributed by atoms with van der Waals surface area (Å²) in [4.78, 5) is 38.7. The number of halogens is 1. The van der Waals surface area contributed by atoms with Crippen LogP contribution in [0.4, 0.5) is 0 Å². The van der Waals surface area contributed by atoms with Crippen LogP contribution < -0.4 is 0 Å². The first kappa shape index (κ1) is 12.4. The minimum absolute atomic E-state index is 0.121. The number of hydroxylamine groups is 2. The molecule has 0 bridgehead atoms. The van der Waals surface area contributed by atoms with Gasteiger partial charge < -0.3 is 4.84 Å². The van der Waals surface area contributed by atoms with Crippen molar-refractivity contribution < 1.29 is 19.2 Å². The number of alkyl halides is 1. The molecular weight excluding hydrogens is 313 g/mol. The van der Waals surface area contributed by atoms with Crippen molar-refractivity contribution in [3.63, 3.8) is 0 Å². The Hall–Kier alpha value is -0.660. The largest absolute Gasteiger partial charge is 0.348 e. The molecule has 2 amide bonds. The molecule has 0 radical (unpaired) electrons. The summed E-state index contributed by atoms with van der Waals surface area (Å²) in [6, 6.07) is 0. The molecule has 15 heavy (non-hydrogen) atoms. The first-order valence-corrected chi connectivity index (χ1v) is 5.73. The topological polar surface area (TPSA) is 63.7 Å². The maximum Gasteiger partial charge on any atom is 0.348 e. The van der Waals surface area contributed by atoms with Crippen LogP contribution in [0.2, 0.25) is 0 Å². The molecule has 1 aliphatic heterocycles. The summed E-state index contributed by atoms with van der Waals surface area (Å²) in [6.45, 7) is 3.53. The Kier molecular flexibility index (Phi) is 3.69. The average molecular weight is 325 g/mol. The molecule has 0 aliphatic carbocycles. The molecular formula is C9H12INO4. The number of carbonyl (C=O) groups is 3. The van der Waals surface area contributed by atoms with E-state index in [2.05, 4.69) is 0 Å². The second-order valence-corrected chi connectivity index (χ2v) is 5.89. The van der Waals surface area contributed by atoms with Crippen LogP contribution in [0, 0.1) is 0 Å². The Balaban J connectivity index is 2.66. The van der Waals surface area contributed by atoms with Gasteiger partial charge in [-0.1, -0.05) is 29.5 Å². The first-order chi connectivity index (χ1) is 6.88. The number of hydrogen-bond donors (Lipinski definition) is 0. The van der Waals surface area contributed by atoms with Gasteiger partial charge in [0.05, 0.1) is 0 Å². The molecule has 0 spiro atoms.